The first kappa shape index (κ1) is 28.4. The summed E-state index contributed by atoms with van der Waals surface area (Å²) >= 11 is 0. The van der Waals surface area contributed by atoms with E-state index in [1.807, 2.05) is 0 Å². The van der Waals surface area contributed by atoms with Gasteiger partial charge in [0.15, 0.2) is 6.17 Å². The lowest BCUT2D eigenvalue weighted by Crippen LogP contribution is -2.53. The lowest BCUT2D eigenvalue weighted by molar-refractivity contribution is -0.936. The van der Waals surface area contributed by atoms with Crippen LogP contribution in [0.4, 0.5) is 0 Å². The van der Waals surface area contributed by atoms with Gasteiger partial charge in [-0.1, -0.05) is 103 Å². The standard InChI is InChI=1S/C28H55N2O/c1-3-5-6-7-8-9-10-11-12-13-14-15-16-17-18-19-20-21-22-23-28-29-24-25-30(28,4-2)26-27-31/h5-6,24,28,31H,3-4,7-23,25-27H2,1-2H3/q+1/b6-5+. The van der Waals surface area contributed by atoms with Gasteiger partial charge >= 0.3 is 0 Å². The van der Waals surface area contributed by atoms with E-state index in [4.69, 9.17) is 4.99 Å². The van der Waals surface area contributed by atoms with E-state index in [1.54, 1.807) is 0 Å². The van der Waals surface area contributed by atoms with E-state index in [2.05, 4.69) is 32.2 Å². The van der Waals surface area contributed by atoms with Crippen LogP contribution in [0.2, 0.25) is 0 Å². The molecule has 2 unspecified atom stereocenters. The van der Waals surface area contributed by atoms with Crippen LogP contribution >= 0.6 is 0 Å². The largest absolute Gasteiger partial charge is 0.391 e. The van der Waals surface area contributed by atoms with E-state index in [0.29, 0.717) is 6.17 Å². The summed E-state index contributed by atoms with van der Waals surface area (Å²) in [6, 6.07) is 0. The maximum absolute atomic E-state index is 9.40. The van der Waals surface area contributed by atoms with E-state index >= 15 is 0 Å². The Bertz CT molecular complexity index is 448. The molecular weight excluding hydrogens is 380 g/mol. The van der Waals surface area contributed by atoms with Crippen molar-refractivity contribution >= 4 is 6.21 Å². The number of unbranched alkanes of at least 4 members (excludes halogenated alkanes) is 15. The van der Waals surface area contributed by atoms with Crippen molar-refractivity contribution in [2.75, 3.05) is 26.2 Å². The van der Waals surface area contributed by atoms with Crippen molar-refractivity contribution in [2.24, 2.45) is 4.99 Å². The van der Waals surface area contributed by atoms with Crippen LogP contribution in [0.1, 0.15) is 129 Å². The lowest BCUT2D eigenvalue weighted by atomic mass is 10.0. The van der Waals surface area contributed by atoms with Crippen molar-refractivity contribution in [3.05, 3.63) is 12.2 Å². The molecule has 1 N–H and O–H groups in total. The first-order valence-electron chi connectivity index (χ1n) is 13.9. The number of aliphatic hydroxyl groups excluding tert-OH is 1. The molecule has 0 amide bonds. The third-order valence-electron chi connectivity index (χ3n) is 7.27. The molecule has 0 aromatic rings. The van der Waals surface area contributed by atoms with Gasteiger partial charge in [0, 0.05) is 6.42 Å². The van der Waals surface area contributed by atoms with Gasteiger partial charge in [-0.2, -0.15) is 0 Å². The van der Waals surface area contributed by atoms with Crippen LogP contribution in [0, 0.1) is 0 Å². The average Bonchev–Trinajstić information content (AvgIpc) is 3.18. The van der Waals surface area contributed by atoms with Gasteiger partial charge < -0.3 is 5.11 Å². The summed E-state index contributed by atoms with van der Waals surface area (Å²) in [5.41, 5.74) is 0. The van der Waals surface area contributed by atoms with E-state index in [9.17, 15) is 5.11 Å². The van der Waals surface area contributed by atoms with Crippen LogP contribution in [0.3, 0.4) is 0 Å². The number of hydrogen-bond donors (Lipinski definition) is 1. The molecule has 1 rings (SSSR count). The second-order valence-electron chi connectivity index (χ2n) is 9.74. The van der Waals surface area contributed by atoms with E-state index in [-0.39, 0.29) is 6.61 Å². The zero-order chi connectivity index (χ0) is 22.5. The minimum Gasteiger partial charge on any atom is -0.391 e. The van der Waals surface area contributed by atoms with Crippen LogP contribution < -0.4 is 0 Å². The summed E-state index contributed by atoms with van der Waals surface area (Å²) in [6.45, 7) is 7.69. The third-order valence-corrected chi connectivity index (χ3v) is 7.27. The predicted molar refractivity (Wildman–Crippen MR) is 138 cm³/mol. The maximum Gasteiger partial charge on any atom is 0.182 e. The number of aliphatic imine (C=N–C) groups is 1. The maximum atomic E-state index is 9.40. The Balaban J connectivity index is 1.81. The molecule has 1 aliphatic rings. The zero-order valence-corrected chi connectivity index (χ0v) is 21.2. The molecule has 0 saturated carbocycles. The minimum absolute atomic E-state index is 0.283. The number of rotatable bonds is 22. The molecule has 2 atom stereocenters. The molecule has 0 aliphatic carbocycles. The number of aliphatic hydroxyl groups is 1. The molecule has 0 radical (unpaired) electrons. The fraction of sp³-hybridized carbons (Fsp3) is 0.893. The molecule has 31 heavy (non-hydrogen) atoms. The highest BCUT2D eigenvalue weighted by Gasteiger charge is 2.36. The Morgan fingerprint density at radius 1 is 0.774 bits per heavy atom. The molecule has 0 aromatic carbocycles. The number of likely N-dealkylation sites (N-methyl/N-ethyl adjacent to an activating group) is 1. The Labute approximate surface area is 195 Å². The Morgan fingerprint density at radius 2 is 1.29 bits per heavy atom. The van der Waals surface area contributed by atoms with Crippen molar-refractivity contribution < 1.29 is 9.59 Å². The van der Waals surface area contributed by atoms with Gasteiger partial charge in [0.1, 0.15) is 13.1 Å². The van der Waals surface area contributed by atoms with Crippen molar-refractivity contribution in [3.8, 4) is 0 Å². The lowest BCUT2D eigenvalue weighted by Gasteiger charge is -2.37. The molecule has 1 aliphatic heterocycles. The van der Waals surface area contributed by atoms with E-state index in [0.717, 1.165) is 24.1 Å². The second kappa shape index (κ2) is 20.0. The van der Waals surface area contributed by atoms with Crippen LogP contribution in [-0.2, 0) is 0 Å². The fourth-order valence-electron chi connectivity index (χ4n) is 5.05. The molecule has 1 heterocycles. The topological polar surface area (TPSA) is 32.6 Å². The molecule has 3 nitrogen and oxygen atoms in total. The highest BCUT2D eigenvalue weighted by Crippen LogP contribution is 2.24. The van der Waals surface area contributed by atoms with Crippen LogP contribution in [0.25, 0.3) is 0 Å². The minimum atomic E-state index is 0.283. The summed E-state index contributed by atoms with van der Waals surface area (Å²) in [5, 5.41) is 9.40. The van der Waals surface area contributed by atoms with Gasteiger partial charge in [-0.25, -0.2) is 4.99 Å². The molecular formula is C28H55N2O+. The van der Waals surface area contributed by atoms with Gasteiger partial charge in [-0.3, -0.25) is 4.48 Å². The summed E-state index contributed by atoms with van der Waals surface area (Å²) in [4.78, 5) is 4.73. The number of allylic oxidation sites excluding steroid dienone is 2. The molecule has 0 spiro atoms. The van der Waals surface area contributed by atoms with Crippen LogP contribution in [-0.4, -0.2) is 48.2 Å². The molecule has 0 saturated heterocycles. The average molecular weight is 436 g/mol. The molecule has 0 aromatic heterocycles. The molecule has 0 bridgehead atoms. The monoisotopic (exact) mass is 435 g/mol. The summed E-state index contributed by atoms with van der Waals surface area (Å²) in [5.74, 6) is 0. The SMILES string of the molecule is CC/C=C/CCCCCCCCCCCCCCCCCC1N=CC[N+]1(CC)CCO. The van der Waals surface area contributed by atoms with Crippen molar-refractivity contribution in [1.82, 2.24) is 0 Å². The van der Waals surface area contributed by atoms with Gasteiger partial charge in [-0.05, 0) is 32.6 Å². The van der Waals surface area contributed by atoms with Crippen molar-refractivity contribution in [3.63, 3.8) is 0 Å². The molecule has 182 valence electrons. The third kappa shape index (κ3) is 13.5. The Hall–Kier alpha value is -0.670. The zero-order valence-electron chi connectivity index (χ0n) is 21.2. The quantitative estimate of drug-likeness (QED) is 0.105. The summed E-state index contributed by atoms with van der Waals surface area (Å²) in [6.07, 6.45) is 32.0. The second-order valence-corrected chi connectivity index (χ2v) is 9.74. The normalized spacial score (nSPS) is 20.9. The first-order chi connectivity index (χ1) is 15.3. The van der Waals surface area contributed by atoms with E-state index in [1.165, 1.54) is 116 Å². The first-order valence-corrected chi connectivity index (χ1v) is 13.9. The Morgan fingerprint density at radius 3 is 1.77 bits per heavy atom. The predicted octanol–water partition coefficient (Wildman–Crippen LogP) is 7.82. The number of quaternary nitrogens is 1. The fourth-order valence-corrected chi connectivity index (χ4v) is 5.05. The van der Waals surface area contributed by atoms with E-state index < -0.39 is 0 Å². The number of nitrogens with zero attached hydrogens (tertiary/aromatic N) is 2. The van der Waals surface area contributed by atoms with Gasteiger partial charge in [0.25, 0.3) is 0 Å². The van der Waals surface area contributed by atoms with Crippen LogP contribution in [0.15, 0.2) is 17.1 Å². The molecule has 3 heteroatoms. The summed E-state index contributed by atoms with van der Waals surface area (Å²) < 4.78 is 0.979. The highest BCUT2D eigenvalue weighted by molar-refractivity contribution is 5.60. The van der Waals surface area contributed by atoms with Gasteiger partial charge in [-0.15, -0.1) is 0 Å². The van der Waals surface area contributed by atoms with Gasteiger partial charge in [0.2, 0.25) is 0 Å². The van der Waals surface area contributed by atoms with Crippen molar-refractivity contribution in [2.45, 2.75) is 136 Å². The van der Waals surface area contributed by atoms with Crippen LogP contribution in [0.5, 0.6) is 0 Å². The Kier molecular flexibility index (Phi) is 18.3. The highest BCUT2D eigenvalue weighted by atomic mass is 16.3. The molecule has 0 fully saturated rings. The summed E-state index contributed by atoms with van der Waals surface area (Å²) in [7, 11) is 0. The van der Waals surface area contributed by atoms with Gasteiger partial charge in [0.05, 0.1) is 19.4 Å². The van der Waals surface area contributed by atoms with Crippen molar-refractivity contribution in [1.29, 1.82) is 0 Å². The smallest absolute Gasteiger partial charge is 0.182 e. The number of hydrogen-bond acceptors (Lipinski definition) is 2.